The van der Waals surface area contributed by atoms with E-state index in [4.69, 9.17) is 5.14 Å². The third kappa shape index (κ3) is 5.55. The van der Waals surface area contributed by atoms with Crippen LogP contribution >= 0.6 is 0 Å². The lowest BCUT2D eigenvalue weighted by molar-refractivity contribution is 0.586. The number of anilines is 1. The Morgan fingerprint density at radius 2 is 1.60 bits per heavy atom. The van der Waals surface area contributed by atoms with Gasteiger partial charge in [-0.2, -0.15) is 0 Å². The predicted octanol–water partition coefficient (Wildman–Crippen LogP) is 2.72. The summed E-state index contributed by atoms with van der Waals surface area (Å²) in [6.07, 6.45) is 1.92. The van der Waals surface area contributed by atoms with Gasteiger partial charge in [0, 0.05) is 0 Å². The zero-order chi connectivity index (χ0) is 18.7. The van der Waals surface area contributed by atoms with Crippen LogP contribution in [0.2, 0.25) is 0 Å². The summed E-state index contributed by atoms with van der Waals surface area (Å²) in [5.74, 6) is 0.580. The van der Waals surface area contributed by atoms with Gasteiger partial charge in [0.15, 0.2) is 0 Å². The molecule has 0 spiro atoms. The molecule has 0 amide bonds. The molecule has 3 N–H and O–H groups in total. The van der Waals surface area contributed by atoms with Crippen molar-refractivity contribution in [2.75, 3.05) is 4.72 Å². The molecule has 0 atom stereocenters. The summed E-state index contributed by atoms with van der Waals surface area (Å²) < 4.78 is 50.0. The van der Waals surface area contributed by atoms with E-state index in [0.717, 1.165) is 18.4 Å². The van der Waals surface area contributed by atoms with Crippen molar-refractivity contribution >= 4 is 25.7 Å². The molecule has 0 radical (unpaired) electrons. The van der Waals surface area contributed by atoms with Crippen LogP contribution in [0.1, 0.15) is 25.8 Å². The first-order chi connectivity index (χ1) is 11.6. The first-order valence-electron chi connectivity index (χ1n) is 7.82. The fraction of sp³-hybridized carbons (Fsp3) is 0.294. The fourth-order valence-electron chi connectivity index (χ4n) is 2.24. The molecule has 25 heavy (non-hydrogen) atoms. The largest absolute Gasteiger partial charge is 0.280 e. The summed E-state index contributed by atoms with van der Waals surface area (Å²) >= 11 is 0. The minimum atomic E-state index is -3.90. The average Bonchev–Trinajstić information content (AvgIpc) is 2.52. The van der Waals surface area contributed by atoms with Crippen molar-refractivity contribution in [3.8, 4) is 0 Å². The van der Waals surface area contributed by atoms with Crippen LogP contribution in [0, 0.1) is 5.92 Å². The van der Waals surface area contributed by atoms with E-state index in [0.29, 0.717) is 5.92 Å². The van der Waals surface area contributed by atoms with Crippen molar-refractivity contribution in [1.29, 1.82) is 0 Å². The third-order valence-electron chi connectivity index (χ3n) is 3.66. The highest BCUT2D eigenvalue weighted by Gasteiger charge is 2.16. The SMILES string of the molecule is CC(C)CCc1ccc(S(=O)(=O)Nc2cccc(S(N)(=O)=O)c2)cc1. The lowest BCUT2D eigenvalue weighted by Crippen LogP contribution is -2.15. The molecule has 0 fully saturated rings. The molecule has 0 aliphatic heterocycles. The van der Waals surface area contributed by atoms with Crippen LogP contribution in [0.15, 0.2) is 58.3 Å². The topological polar surface area (TPSA) is 106 Å². The molecule has 0 aliphatic rings. The quantitative estimate of drug-likeness (QED) is 0.768. The normalized spacial score (nSPS) is 12.3. The summed E-state index contributed by atoms with van der Waals surface area (Å²) in [7, 11) is -7.71. The standard InChI is InChI=1S/C17H22N2O4S2/c1-13(2)6-7-14-8-10-16(11-9-14)25(22,23)19-15-4-3-5-17(12-15)24(18,20)21/h3-5,8-13,19H,6-7H2,1-2H3,(H2,18,20,21). The summed E-state index contributed by atoms with van der Waals surface area (Å²) in [6, 6.07) is 12.0. The fourth-order valence-corrected chi connectivity index (χ4v) is 3.85. The Hall–Kier alpha value is -1.90. The second-order valence-electron chi connectivity index (χ2n) is 6.25. The van der Waals surface area contributed by atoms with Gasteiger partial charge >= 0.3 is 0 Å². The van der Waals surface area contributed by atoms with Crippen molar-refractivity contribution in [2.24, 2.45) is 11.1 Å². The first-order valence-corrected chi connectivity index (χ1v) is 10.9. The number of nitrogens with one attached hydrogen (secondary N) is 1. The maximum absolute atomic E-state index is 12.4. The molecule has 2 rings (SSSR count). The van der Waals surface area contributed by atoms with Crippen LogP contribution < -0.4 is 9.86 Å². The van der Waals surface area contributed by atoms with E-state index in [-0.39, 0.29) is 15.5 Å². The minimum Gasteiger partial charge on any atom is -0.280 e. The van der Waals surface area contributed by atoms with Gasteiger partial charge in [0.2, 0.25) is 10.0 Å². The van der Waals surface area contributed by atoms with E-state index in [2.05, 4.69) is 18.6 Å². The second-order valence-corrected chi connectivity index (χ2v) is 9.50. The maximum Gasteiger partial charge on any atom is 0.261 e. The molecular weight excluding hydrogens is 360 g/mol. The molecule has 0 saturated heterocycles. The Kier molecular flexibility index (Phi) is 5.87. The average molecular weight is 383 g/mol. The Labute approximate surface area is 149 Å². The predicted molar refractivity (Wildman–Crippen MR) is 98.2 cm³/mol. The molecule has 0 bridgehead atoms. The number of primary sulfonamides is 1. The van der Waals surface area contributed by atoms with Crippen molar-refractivity contribution in [3.63, 3.8) is 0 Å². The van der Waals surface area contributed by atoms with Gasteiger partial charge in [0.1, 0.15) is 0 Å². The van der Waals surface area contributed by atoms with Gasteiger partial charge in [-0.1, -0.05) is 32.0 Å². The number of rotatable bonds is 7. The van der Waals surface area contributed by atoms with E-state index in [1.807, 2.05) is 0 Å². The van der Waals surface area contributed by atoms with Crippen LogP contribution in [0.25, 0.3) is 0 Å². The summed E-state index contributed by atoms with van der Waals surface area (Å²) in [6.45, 7) is 4.27. The summed E-state index contributed by atoms with van der Waals surface area (Å²) in [4.78, 5) is -0.0430. The van der Waals surface area contributed by atoms with Gasteiger partial charge in [-0.25, -0.2) is 22.0 Å². The second kappa shape index (κ2) is 7.55. The Morgan fingerprint density at radius 1 is 0.960 bits per heavy atom. The molecule has 0 aliphatic carbocycles. The van der Waals surface area contributed by atoms with Crippen LogP contribution in [0.3, 0.4) is 0 Å². The van der Waals surface area contributed by atoms with Crippen molar-refractivity contribution in [2.45, 2.75) is 36.5 Å². The van der Waals surface area contributed by atoms with E-state index >= 15 is 0 Å². The highest BCUT2D eigenvalue weighted by atomic mass is 32.2. The van der Waals surface area contributed by atoms with Crippen LogP contribution in [-0.4, -0.2) is 16.8 Å². The summed E-state index contributed by atoms with van der Waals surface area (Å²) in [5.41, 5.74) is 1.21. The van der Waals surface area contributed by atoms with Gasteiger partial charge in [0.25, 0.3) is 10.0 Å². The molecule has 2 aromatic carbocycles. The Balaban J connectivity index is 2.19. The lowest BCUT2D eigenvalue weighted by atomic mass is 10.0. The highest BCUT2D eigenvalue weighted by Crippen LogP contribution is 2.20. The zero-order valence-corrected chi connectivity index (χ0v) is 15.8. The smallest absolute Gasteiger partial charge is 0.261 e. The molecule has 6 nitrogen and oxygen atoms in total. The van der Waals surface area contributed by atoms with Crippen molar-refractivity contribution in [1.82, 2.24) is 0 Å². The van der Waals surface area contributed by atoms with Crippen LogP contribution in [-0.2, 0) is 26.5 Å². The molecule has 0 saturated carbocycles. The molecular formula is C17H22N2O4S2. The first kappa shape index (κ1) is 19.4. The van der Waals surface area contributed by atoms with E-state index < -0.39 is 20.0 Å². The Bertz CT molecular complexity index is 935. The monoisotopic (exact) mass is 382 g/mol. The molecule has 136 valence electrons. The van der Waals surface area contributed by atoms with Crippen LogP contribution in [0.5, 0.6) is 0 Å². The highest BCUT2D eigenvalue weighted by molar-refractivity contribution is 7.92. The number of benzene rings is 2. The molecule has 2 aromatic rings. The van der Waals surface area contributed by atoms with Gasteiger partial charge in [-0.3, -0.25) is 4.72 Å². The van der Waals surface area contributed by atoms with Gasteiger partial charge in [-0.05, 0) is 54.7 Å². The minimum absolute atomic E-state index is 0.113. The third-order valence-corrected chi connectivity index (χ3v) is 5.97. The number of sulfonamides is 2. The number of hydrogen-bond donors (Lipinski definition) is 2. The summed E-state index contributed by atoms with van der Waals surface area (Å²) in [5, 5.41) is 5.06. The molecule has 0 aromatic heterocycles. The molecule has 0 heterocycles. The Morgan fingerprint density at radius 3 is 2.16 bits per heavy atom. The van der Waals surface area contributed by atoms with Gasteiger partial charge in [-0.15, -0.1) is 0 Å². The van der Waals surface area contributed by atoms with E-state index in [1.165, 1.54) is 24.3 Å². The lowest BCUT2D eigenvalue weighted by Gasteiger charge is -2.10. The number of hydrogen-bond acceptors (Lipinski definition) is 4. The van der Waals surface area contributed by atoms with Crippen molar-refractivity contribution < 1.29 is 16.8 Å². The molecule has 8 heteroatoms. The number of aryl methyl sites for hydroxylation is 1. The van der Waals surface area contributed by atoms with Gasteiger partial charge in [0.05, 0.1) is 15.5 Å². The van der Waals surface area contributed by atoms with Crippen LogP contribution in [0.4, 0.5) is 5.69 Å². The van der Waals surface area contributed by atoms with Gasteiger partial charge < -0.3 is 0 Å². The van der Waals surface area contributed by atoms with Crippen molar-refractivity contribution in [3.05, 3.63) is 54.1 Å². The van der Waals surface area contributed by atoms with E-state index in [9.17, 15) is 16.8 Å². The number of nitrogens with two attached hydrogens (primary N) is 1. The maximum atomic E-state index is 12.4. The zero-order valence-electron chi connectivity index (χ0n) is 14.1. The molecule has 0 unspecified atom stereocenters. The van der Waals surface area contributed by atoms with E-state index in [1.54, 1.807) is 24.3 Å².